The van der Waals surface area contributed by atoms with Gasteiger partial charge in [0, 0.05) is 25.5 Å². The maximum atomic E-state index is 13.9. The highest BCUT2D eigenvalue weighted by Gasteiger charge is 2.48. The number of hydrogen-bond acceptors (Lipinski definition) is 4. The predicted octanol–water partition coefficient (Wildman–Crippen LogP) is 4.01. The van der Waals surface area contributed by atoms with Crippen molar-refractivity contribution in [2.75, 3.05) is 13.1 Å². The molecule has 8 nitrogen and oxygen atoms in total. The number of benzene rings is 1. The van der Waals surface area contributed by atoms with E-state index in [1.165, 1.54) is 28.0 Å². The Morgan fingerprint density at radius 3 is 2.47 bits per heavy atom. The zero-order valence-corrected chi connectivity index (χ0v) is 21.4. The van der Waals surface area contributed by atoms with E-state index in [1.54, 1.807) is 31.5 Å². The number of halogens is 3. The minimum atomic E-state index is -4.68. The van der Waals surface area contributed by atoms with Crippen molar-refractivity contribution < 1.29 is 27.6 Å². The number of aromatic nitrogens is 1. The van der Waals surface area contributed by atoms with Crippen LogP contribution in [0, 0.1) is 5.92 Å². The third-order valence-electron chi connectivity index (χ3n) is 6.73. The summed E-state index contributed by atoms with van der Waals surface area (Å²) in [7, 11) is 0. The number of hydrogen-bond donors (Lipinski definition) is 2. The van der Waals surface area contributed by atoms with Crippen LogP contribution in [-0.4, -0.2) is 51.8 Å². The number of carbonyl (C=O) groups excluding carboxylic acids is 3. The largest absolute Gasteiger partial charge is 0.416 e. The molecule has 0 spiro atoms. The van der Waals surface area contributed by atoms with E-state index >= 15 is 0 Å². The van der Waals surface area contributed by atoms with Gasteiger partial charge in [-0.15, -0.1) is 0 Å². The molecule has 0 fully saturated rings. The first-order valence-electron chi connectivity index (χ1n) is 12.5. The number of urea groups is 1. The average molecular weight is 530 g/mol. The monoisotopic (exact) mass is 529 g/mol. The highest BCUT2D eigenvalue weighted by atomic mass is 19.4. The summed E-state index contributed by atoms with van der Waals surface area (Å²) in [5, 5.41) is 5.46. The number of pyridine rings is 1. The van der Waals surface area contributed by atoms with E-state index in [0.717, 1.165) is 11.6 Å². The van der Waals surface area contributed by atoms with Gasteiger partial charge in [0.2, 0.25) is 5.91 Å². The lowest BCUT2D eigenvalue weighted by molar-refractivity contribution is -0.139. The van der Waals surface area contributed by atoms with Crippen LogP contribution in [0.25, 0.3) is 0 Å². The zero-order chi connectivity index (χ0) is 27.6. The molecule has 1 aromatic carbocycles. The van der Waals surface area contributed by atoms with Crippen molar-refractivity contribution in [3.05, 3.63) is 76.8 Å². The summed E-state index contributed by atoms with van der Waals surface area (Å²) in [6.45, 7) is 5.94. The molecule has 0 saturated heterocycles. The topological polar surface area (TPSA) is 94.6 Å². The highest BCUT2D eigenvalue weighted by molar-refractivity contribution is 6.03. The van der Waals surface area contributed by atoms with Gasteiger partial charge in [-0.3, -0.25) is 19.5 Å². The fourth-order valence-electron chi connectivity index (χ4n) is 4.97. The lowest BCUT2D eigenvalue weighted by Crippen LogP contribution is -2.49. The van der Waals surface area contributed by atoms with Crippen LogP contribution in [0.1, 0.15) is 49.9 Å². The second-order valence-corrected chi connectivity index (χ2v) is 9.72. The van der Waals surface area contributed by atoms with Gasteiger partial charge in [-0.25, -0.2) is 4.79 Å². The Hall–Kier alpha value is -3.89. The van der Waals surface area contributed by atoms with Gasteiger partial charge in [0.15, 0.2) is 0 Å². The average Bonchev–Trinajstić information content (AvgIpc) is 3.22. The molecule has 0 aliphatic carbocycles. The Labute approximate surface area is 218 Å². The lowest BCUT2D eigenvalue weighted by atomic mass is 9.91. The van der Waals surface area contributed by atoms with Gasteiger partial charge in [0.1, 0.15) is 6.04 Å². The number of likely N-dealkylation sites (N-methyl/N-ethyl adjacent to an activating group) is 1. The fourth-order valence-corrected chi connectivity index (χ4v) is 4.97. The molecule has 2 aromatic rings. The van der Waals surface area contributed by atoms with Gasteiger partial charge < -0.3 is 15.5 Å². The molecule has 2 atom stereocenters. The van der Waals surface area contributed by atoms with Crippen LogP contribution in [0.15, 0.2) is 60.1 Å². The molecule has 4 amide bonds. The van der Waals surface area contributed by atoms with Crippen LogP contribution in [0.2, 0.25) is 0 Å². The van der Waals surface area contributed by atoms with Crippen molar-refractivity contribution in [1.29, 1.82) is 0 Å². The molecule has 0 unspecified atom stereocenters. The quantitative estimate of drug-likeness (QED) is 0.540. The van der Waals surface area contributed by atoms with E-state index in [0.29, 0.717) is 12.1 Å². The van der Waals surface area contributed by atoms with Crippen LogP contribution in [0.4, 0.5) is 18.0 Å². The summed E-state index contributed by atoms with van der Waals surface area (Å²) >= 11 is 0. The van der Waals surface area contributed by atoms with Gasteiger partial charge >= 0.3 is 12.2 Å². The van der Waals surface area contributed by atoms with Crippen molar-refractivity contribution in [3.63, 3.8) is 0 Å². The summed E-state index contributed by atoms with van der Waals surface area (Å²) in [6.07, 6.45) is -1.13. The SMILES string of the molecule is CCN1C(=O)N[C@H](c2ccccc2C(F)(F)F)C2=C1CN([C@H](CC(C)C)C(=O)NCc1ccncc1)C2=O. The maximum Gasteiger partial charge on any atom is 0.416 e. The van der Waals surface area contributed by atoms with Gasteiger partial charge in [0.05, 0.1) is 29.4 Å². The predicted molar refractivity (Wildman–Crippen MR) is 133 cm³/mol. The standard InChI is InChI=1S/C27H30F3N5O3/c1-4-34-21-15-35(20(13-16(2)3)24(36)32-14-17-9-11-31-12-10-17)25(37)22(21)23(33-26(34)38)18-7-5-6-8-19(18)27(28,29)30/h5-12,16,20,23H,4,13-15H2,1-3H3,(H,32,36)(H,33,38)/t20-,23-/m1/s1. The van der Waals surface area contributed by atoms with Crippen molar-refractivity contribution in [2.24, 2.45) is 5.92 Å². The first kappa shape index (κ1) is 27.2. The molecule has 2 N–H and O–H groups in total. The van der Waals surface area contributed by atoms with Crippen molar-refractivity contribution in [2.45, 2.75) is 52.0 Å². The van der Waals surface area contributed by atoms with E-state index in [1.807, 2.05) is 13.8 Å². The van der Waals surface area contributed by atoms with Crippen molar-refractivity contribution >= 4 is 17.8 Å². The van der Waals surface area contributed by atoms with E-state index < -0.39 is 35.8 Å². The summed E-state index contributed by atoms with van der Waals surface area (Å²) in [4.78, 5) is 46.9. The lowest BCUT2D eigenvalue weighted by Gasteiger charge is -2.33. The molecule has 1 aromatic heterocycles. The van der Waals surface area contributed by atoms with Crippen molar-refractivity contribution in [1.82, 2.24) is 25.4 Å². The van der Waals surface area contributed by atoms with Gasteiger partial charge in [-0.05, 0) is 48.6 Å². The normalized spacial score (nSPS) is 18.6. The fraction of sp³-hybridized carbons (Fsp3) is 0.407. The molecule has 38 heavy (non-hydrogen) atoms. The van der Waals surface area contributed by atoms with Crippen LogP contribution in [0.5, 0.6) is 0 Å². The smallest absolute Gasteiger partial charge is 0.350 e. The first-order valence-corrected chi connectivity index (χ1v) is 12.5. The molecule has 11 heteroatoms. The molecule has 0 radical (unpaired) electrons. The Balaban J connectivity index is 1.69. The first-order chi connectivity index (χ1) is 18.0. The molecule has 2 aliphatic heterocycles. The third-order valence-corrected chi connectivity index (χ3v) is 6.73. The second kappa shape index (κ2) is 10.8. The summed E-state index contributed by atoms with van der Waals surface area (Å²) in [5.41, 5.74) is 0.0619. The summed E-state index contributed by atoms with van der Waals surface area (Å²) < 4.78 is 41.6. The highest BCUT2D eigenvalue weighted by Crippen LogP contribution is 2.42. The van der Waals surface area contributed by atoms with Crippen LogP contribution in [-0.2, 0) is 22.3 Å². The molecular formula is C27H30F3N5O3. The Morgan fingerprint density at radius 1 is 1.16 bits per heavy atom. The number of nitrogens with zero attached hydrogens (tertiary/aromatic N) is 3. The van der Waals surface area contributed by atoms with Gasteiger partial charge in [-0.1, -0.05) is 32.0 Å². The molecule has 0 saturated carbocycles. The van der Waals surface area contributed by atoms with Crippen LogP contribution in [0.3, 0.4) is 0 Å². The Bertz CT molecular complexity index is 1250. The van der Waals surface area contributed by atoms with Crippen LogP contribution < -0.4 is 10.6 Å². The maximum absolute atomic E-state index is 13.9. The molecular weight excluding hydrogens is 499 g/mol. The van der Waals surface area contributed by atoms with Crippen LogP contribution >= 0.6 is 0 Å². The molecule has 202 valence electrons. The molecule has 3 heterocycles. The number of nitrogens with one attached hydrogen (secondary N) is 2. The third kappa shape index (κ3) is 5.36. The minimum Gasteiger partial charge on any atom is -0.350 e. The molecule has 2 aliphatic rings. The van der Waals surface area contributed by atoms with E-state index in [2.05, 4.69) is 15.6 Å². The molecule has 4 rings (SSSR count). The summed E-state index contributed by atoms with van der Waals surface area (Å²) in [5.74, 6) is -0.899. The number of carbonyl (C=O) groups is 3. The summed E-state index contributed by atoms with van der Waals surface area (Å²) in [6, 6.07) is 5.66. The number of rotatable bonds is 8. The molecule has 0 bridgehead atoms. The van der Waals surface area contributed by atoms with Crippen molar-refractivity contribution in [3.8, 4) is 0 Å². The number of amides is 4. The number of alkyl halides is 3. The van der Waals surface area contributed by atoms with Gasteiger partial charge in [0.25, 0.3) is 5.91 Å². The van der Waals surface area contributed by atoms with E-state index in [4.69, 9.17) is 0 Å². The Morgan fingerprint density at radius 2 is 1.84 bits per heavy atom. The second-order valence-electron chi connectivity index (χ2n) is 9.72. The van der Waals surface area contributed by atoms with E-state index in [9.17, 15) is 27.6 Å². The van der Waals surface area contributed by atoms with E-state index in [-0.39, 0.29) is 42.6 Å². The van der Waals surface area contributed by atoms with Gasteiger partial charge in [-0.2, -0.15) is 13.2 Å². The minimum absolute atomic E-state index is 0.0425. The Kier molecular flexibility index (Phi) is 7.75. The zero-order valence-electron chi connectivity index (χ0n) is 21.4.